The van der Waals surface area contributed by atoms with Crippen LogP contribution in [0.1, 0.15) is 11.8 Å². The first kappa shape index (κ1) is 9.04. The number of rotatable bonds is 3. The summed E-state index contributed by atoms with van der Waals surface area (Å²) in [6.45, 7) is 2.89. The first-order chi connectivity index (χ1) is 5.22. The molecule has 1 unspecified atom stereocenters. The Kier molecular flexibility index (Phi) is 3.37. The van der Waals surface area contributed by atoms with Gasteiger partial charge in [0.05, 0.1) is 4.34 Å². The SMILES string of the molecule is CC(CN)Cc1ccc(Cl)s1. The van der Waals surface area contributed by atoms with Crippen LogP contribution in [-0.2, 0) is 6.42 Å². The molecule has 2 N–H and O–H groups in total. The summed E-state index contributed by atoms with van der Waals surface area (Å²) >= 11 is 7.42. The quantitative estimate of drug-likeness (QED) is 0.777. The Morgan fingerprint density at radius 2 is 2.36 bits per heavy atom. The summed E-state index contributed by atoms with van der Waals surface area (Å²) < 4.78 is 0.865. The minimum absolute atomic E-state index is 0.560. The third-order valence-corrected chi connectivity index (χ3v) is 2.83. The van der Waals surface area contributed by atoms with Crippen LogP contribution in [0.2, 0.25) is 4.34 Å². The van der Waals surface area contributed by atoms with Gasteiger partial charge in [0, 0.05) is 4.88 Å². The van der Waals surface area contributed by atoms with E-state index in [4.69, 9.17) is 17.3 Å². The maximum Gasteiger partial charge on any atom is 0.0931 e. The summed E-state index contributed by atoms with van der Waals surface area (Å²) in [7, 11) is 0. The third kappa shape index (κ3) is 2.81. The molecule has 1 atom stereocenters. The monoisotopic (exact) mass is 189 g/mol. The van der Waals surface area contributed by atoms with Gasteiger partial charge in [-0.15, -0.1) is 11.3 Å². The van der Waals surface area contributed by atoms with E-state index >= 15 is 0 Å². The van der Waals surface area contributed by atoms with Gasteiger partial charge < -0.3 is 5.73 Å². The second-order valence-corrected chi connectivity index (χ2v) is 4.55. The lowest BCUT2D eigenvalue weighted by molar-refractivity contribution is 0.598. The van der Waals surface area contributed by atoms with Gasteiger partial charge >= 0.3 is 0 Å². The molecule has 0 fully saturated rings. The summed E-state index contributed by atoms with van der Waals surface area (Å²) in [6, 6.07) is 4.00. The molecule has 0 bridgehead atoms. The van der Waals surface area contributed by atoms with Crippen LogP contribution in [0.4, 0.5) is 0 Å². The topological polar surface area (TPSA) is 26.0 Å². The van der Waals surface area contributed by atoms with Gasteiger partial charge in [-0.2, -0.15) is 0 Å². The van der Waals surface area contributed by atoms with Gasteiger partial charge in [0.15, 0.2) is 0 Å². The zero-order valence-corrected chi connectivity index (χ0v) is 8.08. The van der Waals surface area contributed by atoms with Gasteiger partial charge in [0.1, 0.15) is 0 Å². The highest BCUT2D eigenvalue weighted by Gasteiger charge is 2.02. The van der Waals surface area contributed by atoms with E-state index in [1.165, 1.54) is 4.88 Å². The number of nitrogens with two attached hydrogens (primary N) is 1. The maximum absolute atomic E-state index is 5.77. The van der Waals surface area contributed by atoms with E-state index in [-0.39, 0.29) is 0 Å². The molecule has 1 heterocycles. The van der Waals surface area contributed by atoms with Crippen molar-refractivity contribution >= 4 is 22.9 Å². The molecule has 0 aromatic carbocycles. The van der Waals surface area contributed by atoms with Crippen molar-refractivity contribution in [1.29, 1.82) is 0 Å². The van der Waals surface area contributed by atoms with E-state index in [0.717, 1.165) is 17.3 Å². The van der Waals surface area contributed by atoms with E-state index in [0.29, 0.717) is 5.92 Å². The van der Waals surface area contributed by atoms with E-state index in [1.54, 1.807) is 11.3 Å². The lowest BCUT2D eigenvalue weighted by Gasteiger charge is -2.04. The summed E-state index contributed by atoms with van der Waals surface area (Å²) in [5.41, 5.74) is 5.50. The summed E-state index contributed by atoms with van der Waals surface area (Å²) in [6.07, 6.45) is 1.05. The van der Waals surface area contributed by atoms with Crippen molar-refractivity contribution in [2.24, 2.45) is 11.7 Å². The molecule has 3 heteroatoms. The van der Waals surface area contributed by atoms with E-state index in [2.05, 4.69) is 13.0 Å². The molecule has 11 heavy (non-hydrogen) atoms. The van der Waals surface area contributed by atoms with Crippen molar-refractivity contribution in [2.75, 3.05) is 6.54 Å². The van der Waals surface area contributed by atoms with Crippen LogP contribution in [0, 0.1) is 5.92 Å². The van der Waals surface area contributed by atoms with Gasteiger partial charge in [-0.1, -0.05) is 18.5 Å². The Bertz CT molecular complexity index is 222. The number of hydrogen-bond donors (Lipinski definition) is 1. The standard InChI is InChI=1S/C8H12ClNS/c1-6(5-10)4-7-2-3-8(9)11-7/h2-3,6H,4-5,10H2,1H3. The predicted octanol–water partition coefficient (Wildman–Crippen LogP) is 2.54. The Labute approximate surface area is 76.2 Å². The third-order valence-electron chi connectivity index (χ3n) is 1.58. The minimum Gasteiger partial charge on any atom is -0.330 e. The minimum atomic E-state index is 0.560. The van der Waals surface area contributed by atoms with Gasteiger partial charge in [-0.3, -0.25) is 0 Å². The highest BCUT2D eigenvalue weighted by Crippen LogP contribution is 2.23. The summed E-state index contributed by atoms with van der Waals surface area (Å²) in [4.78, 5) is 1.33. The lowest BCUT2D eigenvalue weighted by atomic mass is 10.1. The fourth-order valence-corrected chi connectivity index (χ4v) is 2.14. The zero-order chi connectivity index (χ0) is 8.27. The fraction of sp³-hybridized carbons (Fsp3) is 0.500. The first-order valence-electron chi connectivity index (χ1n) is 3.66. The van der Waals surface area contributed by atoms with Crippen LogP contribution in [-0.4, -0.2) is 6.54 Å². The largest absolute Gasteiger partial charge is 0.330 e. The van der Waals surface area contributed by atoms with Crippen molar-refractivity contribution in [3.63, 3.8) is 0 Å². The Morgan fingerprint density at radius 1 is 1.64 bits per heavy atom. The van der Waals surface area contributed by atoms with Crippen LogP contribution in [0.3, 0.4) is 0 Å². The number of hydrogen-bond acceptors (Lipinski definition) is 2. The molecule has 1 aromatic heterocycles. The highest BCUT2D eigenvalue weighted by molar-refractivity contribution is 7.16. The number of thiophene rings is 1. The maximum atomic E-state index is 5.77. The Balaban J connectivity index is 2.50. The second kappa shape index (κ2) is 4.10. The molecule has 0 radical (unpaired) electrons. The Hall–Kier alpha value is -0.0500. The normalized spacial score (nSPS) is 13.4. The molecular formula is C8H12ClNS. The average molecular weight is 190 g/mol. The average Bonchev–Trinajstić information content (AvgIpc) is 2.35. The Morgan fingerprint density at radius 3 is 2.82 bits per heavy atom. The molecule has 0 saturated carbocycles. The van der Waals surface area contributed by atoms with Crippen LogP contribution < -0.4 is 5.73 Å². The molecule has 0 saturated heterocycles. The van der Waals surface area contributed by atoms with Gasteiger partial charge in [0.25, 0.3) is 0 Å². The molecule has 0 spiro atoms. The van der Waals surface area contributed by atoms with Crippen LogP contribution >= 0.6 is 22.9 Å². The molecular weight excluding hydrogens is 178 g/mol. The molecule has 1 rings (SSSR count). The number of halogens is 1. The molecule has 1 nitrogen and oxygen atoms in total. The smallest absolute Gasteiger partial charge is 0.0931 e. The van der Waals surface area contributed by atoms with Crippen LogP contribution in [0.15, 0.2) is 12.1 Å². The predicted molar refractivity (Wildman–Crippen MR) is 51.3 cm³/mol. The van der Waals surface area contributed by atoms with E-state index < -0.39 is 0 Å². The van der Waals surface area contributed by atoms with Crippen molar-refractivity contribution in [3.05, 3.63) is 21.3 Å². The molecule has 0 aliphatic rings. The molecule has 0 aliphatic carbocycles. The van der Waals surface area contributed by atoms with Crippen LogP contribution in [0.25, 0.3) is 0 Å². The lowest BCUT2D eigenvalue weighted by Crippen LogP contribution is -2.12. The van der Waals surface area contributed by atoms with E-state index in [9.17, 15) is 0 Å². The van der Waals surface area contributed by atoms with Crippen molar-refractivity contribution in [2.45, 2.75) is 13.3 Å². The van der Waals surface area contributed by atoms with Gasteiger partial charge in [-0.25, -0.2) is 0 Å². The van der Waals surface area contributed by atoms with Crippen molar-refractivity contribution < 1.29 is 0 Å². The first-order valence-corrected chi connectivity index (χ1v) is 4.86. The molecule has 0 amide bonds. The molecule has 1 aromatic rings. The van der Waals surface area contributed by atoms with Crippen molar-refractivity contribution in [1.82, 2.24) is 0 Å². The summed E-state index contributed by atoms with van der Waals surface area (Å²) in [5.74, 6) is 0.560. The highest BCUT2D eigenvalue weighted by atomic mass is 35.5. The zero-order valence-electron chi connectivity index (χ0n) is 6.51. The van der Waals surface area contributed by atoms with Crippen LogP contribution in [0.5, 0.6) is 0 Å². The fourth-order valence-electron chi connectivity index (χ4n) is 0.888. The van der Waals surface area contributed by atoms with E-state index in [1.807, 2.05) is 6.07 Å². The summed E-state index contributed by atoms with van der Waals surface area (Å²) in [5, 5.41) is 0. The van der Waals surface area contributed by atoms with Gasteiger partial charge in [0.2, 0.25) is 0 Å². The van der Waals surface area contributed by atoms with Crippen molar-refractivity contribution in [3.8, 4) is 0 Å². The molecule has 0 aliphatic heterocycles. The second-order valence-electron chi connectivity index (χ2n) is 2.75. The molecule has 62 valence electrons. The van der Waals surface area contributed by atoms with Gasteiger partial charge in [-0.05, 0) is 31.0 Å².